The van der Waals surface area contributed by atoms with Gasteiger partial charge in [-0.2, -0.15) is 0 Å². The summed E-state index contributed by atoms with van der Waals surface area (Å²) >= 11 is 0. The number of benzene rings is 2. The minimum Gasteiger partial charge on any atom is -0.497 e. The highest BCUT2D eigenvalue weighted by Crippen LogP contribution is 2.44. The fourth-order valence-electron chi connectivity index (χ4n) is 5.76. The van der Waals surface area contributed by atoms with Gasteiger partial charge in [0.25, 0.3) is 0 Å². The number of carbonyl (C=O) groups excluding carboxylic acids is 1. The molecule has 2 heterocycles. The number of carbonyl (C=O) groups is 1. The normalized spacial score (nSPS) is 22.1. The number of hydrogen-bond acceptors (Lipinski definition) is 4. The van der Waals surface area contributed by atoms with Crippen LogP contribution in [-0.2, 0) is 13.1 Å². The average Bonchev–Trinajstić information content (AvgIpc) is 2.95. The quantitative estimate of drug-likeness (QED) is 0.596. The van der Waals surface area contributed by atoms with Gasteiger partial charge in [-0.1, -0.05) is 41.5 Å². The molecule has 2 fully saturated rings. The van der Waals surface area contributed by atoms with Crippen LogP contribution in [0.5, 0.6) is 5.75 Å². The Morgan fingerprint density at radius 2 is 1.59 bits per heavy atom. The smallest absolute Gasteiger partial charge is 0.320 e. The van der Waals surface area contributed by atoms with Gasteiger partial charge in [0.05, 0.1) is 19.2 Å². The molecule has 1 unspecified atom stereocenters. The Morgan fingerprint density at radius 3 is 2.18 bits per heavy atom. The van der Waals surface area contributed by atoms with E-state index in [2.05, 4.69) is 48.8 Å². The lowest BCUT2D eigenvalue weighted by Crippen LogP contribution is -2.64. The molecule has 6 nitrogen and oxygen atoms in total. The van der Waals surface area contributed by atoms with E-state index in [1.165, 1.54) is 16.7 Å². The van der Waals surface area contributed by atoms with Gasteiger partial charge in [0.1, 0.15) is 5.75 Å². The zero-order chi connectivity index (χ0) is 24.5. The Morgan fingerprint density at radius 1 is 1.00 bits per heavy atom. The molecule has 182 valence electrons. The van der Waals surface area contributed by atoms with Crippen LogP contribution in [0.3, 0.4) is 0 Å². The summed E-state index contributed by atoms with van der Waals surface area (Å²) < 4.78 is 5.41. The molecule has 2 amide bonds. The number of rotatable bonds is 7. The van der Waals surface area contributed by atoms with E-state index in [-0.39, 0.29) is 6.03 Å². The lowest BCUT2D eigenvalue weighted by Gasteiger charge is -2.48. The van der Waals surface area contributed by atoms with Gasteiger partial charge in [-0.15, -0.1) is 6.58 Å². The van der Waals surface area contributed by atoms with Crippen LogP contribution in [0.2, 0.25) is 0 Å². The van der Waals surface area contributed by atoms with Gasteiger partial charge in [0, 0.05) is 26.1 Å². The summed E-state index contributed by atoms with van der Waals surface area (Å²) in [6.07, 6.45) is 3.39. The van der Waals surface area contributed by atoms with Crippen molar-refractivity contribution in [1.29, 1.82) is 0 Å². The highest BCUT2D eigenvalue weighted by atomic mass is 16.5. The summed E-state index contributed by atoms with van der Waals surface area (Å²) in [5.74, 6) is 0.747. The molecule has 2 aliphatic heterocycles. The molecular formula is C28H37N3O3. The van der Waals surface area contributed by atoms with Crippen molar-refractivity contribution in [3.63, 3.8) is 0 Å². The van der Waals surface area contributed by atoms with Gasteiger partial charge in [0.15, 0.2) is 5.72 Å². The second-order valence-electron chi connectivity index (χ2n) is 10.0. The van der Waals surface area contributed by atoms with Gasteiger partial charge in [-0.05, 0) is 62.4 Å². The van der Waals surface area contributed by atoms with Crippen molar-refractivity contribution >= 4 is 6.03 Å². The van der Waals surface area contributed by atoms with Gasteiger partial charge in [-0.3, -0.25) is 9.80 Å². The van der Waals surface area contributed by atoms with E-state index in [0.29, 0.717) is 25.8 Å². The molecule has 0 aromatic heterocycles. The Bertz CT molecular complexity index is 1050. The van der Waals surface area contributed by atoms with Crippen molar-refractivity contribution in [2.75, 3.05) is 20.2 Å². The van der Waals surface area contributed by atoms with Crippen LogP contribution >= 0.6 is 0 Å². The number of amides is 2. The lowest BCUT2D eigenvalue weighted by molar-refractivity contribution is -0.130. The van der Waals surface area contributed by atoms with Crippen LogP contribution in [-0.4, -0.2) is 52.4 Å². The van der Waals surface area contributed by atoms with Gasteiger partial charge < -0.3 is 15.2 Å². The summed E-state index contributed by atoms with van der Waals surface area (Å²) in [7, 11) is 1.63. The summed E-state index contributed by atoms with van der Waals surface area (Å²) in [4.78, 5) is 17.2. The number of ether oxygens (including phenoxy) is 1. The number of aliphatic hydroxyl groups is 1. The molecule has 0 radical (unpaired) electrons. The van der Waals surface area contributed by atoms with Gasteiger partial charge in [-0.25, -0.2) is 4.79 Å². The van der Waals surface area contributed by atoms with E-state index < -0.39 is 11.3 Å². The monoisotopic (exact) mass is 463 g/mol. The Labute approximate surface area is 203 Å². The van der Waals surface area contributed by atoms with E-state index in [9.17, 15) is 9.90 Å². The van der Waals surface area contributed by atoms with Crippen LogP contribution in [0, 0.1) is 20.8 Å². The first-order valence-electron chi connectivity index (χ1n) is 12.1. The number of piperidine rings is 1. The summed E-state index contributed by atoms with van der Waals surface area (Å²) in [5, 5.41) is 15.2. The topological polar surface area (TPSA) is 65.0 Å². The maximum atomic E-state index is 13.2. The molecule has 2 saturated heterocycles. The Kier molecular flexibility index (Phi) is 6.74. The number of likely N-dealkylation sites (tertiary alicyclic amines) is 1. The van der Waals surface area contributed by atoms with Crippen molar-refractivity contribution in [2.45, 2.75) is 64.4 Å². The van der Waals surface area contributed by atoms with Crippen LogP contribution < -0.4 is 10.1 Å². The zero-order valence-electron chi connectivity index (χ0n) is 20.9. The molecule has 2 N–H and O–H groups in total. The van der Waals surface area contributed by atoms with Crippen LogP contribution in [0.15, 0.2) is 49.1 Å². The van der Waals surface area contributed by atoms with E-state index >= 15 is 0 Å². The second-order valence-corrected chi connectivity index (χ2v) is 10.0. The standard InChI is InChI=1S/C28H37N3O3/c1-6-7-28(33)27(8-10-30(11-9-27)18-23-13-20(2)12-21(3)14-23)29-26(32)31(28)19-24-15-22(4)16-25(17-24)34-5/h6,12-17,33H,1,7-11,18-19H2,2-5H3,(H,29,32). The number of urea groups is 1. The van der Waals surface area contributed by atoms with E-state index in [1.54, 1.807) is 18.1 Å². The third kappa shape index (κ3) is 4.57. The minimum absolute atomic E-state index is 0.229. The van der Waals surface area contributed by atoms with Crippen LogP contribution in [0.1, 0.15) is 47.1 Å². The predicted octanol–water partition coefficient (Wildman–Crippen LogP) is 4.45. The number of nitrogens with zero attached hydrogens (tertiary/aromatic N) is 2. The number of methoxy groups -OCH3 is 1. The molecule has 6 heteroatoms. The number of hydrogen-bond donors (Lipinski definition) is 2. The van der Waals surface area contributed by atoms with Crippen molar-refractivity contribution < 1.29 is 14.6 Å². The molecule has 1 spiro atoms. The molecule has 4 rings (SSSR count). The third-order valence-electron chi connectivity index (χ3n) is 7.32. The van der Waals surface area contributed by atoms with Gasteiger partial charge in [0.2, 0.25) is 0 Å². The molecule has 0 bridgehead atoms. The van der Waals surface area contributed by atoms with E-state index in [0.717, 1.165) is 36.5 Å². The summed E-state index contributed by atoms with van der Waals surface area (Å²) in [6, 6.07) is 12.3. The summed E-state index contributed by atoms with van der Waals surface area (Å²) in [6.45, 7) is 12.9. The van der Waals surface area contributed by atoms with Crippen LogP contribution in [0.4, 0.5) is 4.79 Å². The molecule has 2 aliphatic rings. The molecular weight excluding hydrogens is 426 g/mol. The molecule has 1 atom stereocenters. The zero-order valence-corrected chi connectivity index (χ0v) is 20.9. The van der Waals surface area contributed by atoms with Crippen molar-refractivity contribution in [2.24, 2.45) is 0 Å². The molecule has 2 aromatic rings. The molecule has 2 aromatic carbocycles. The summed E-state index contributed by atoms with van der Waals surface area (Å²) in [5.41, 5.74) is 3.79. The Hall–Kier alpha value is -2.83. The molecule has 34 heavy (non-hydrogen) atoms. The largest absolute Gasteiger partial charge is 0.497 e. The molecule has 0 aliphatic carbocycles. The molecule has 0 saturated carbocycles. The SMILES string of the molecule is C=CCC1(O)N(Cc2cc(C)cc(OC)c2)C(=O)NC12CCN(Cc1cc(C)cc(C)c1)CC2. The van der Waals surface area contributed by atoms with Crippen molar-refractivity contribution in [3.05, 3.63) is 76.9 Å². The fraction of sp³-hybridized carbons (Fsp3) is 0.464. The predicted molar refractivity (Wildman–Crippen MR) is 135 cm³/mol. The minimum atomic E-state index is -1.34. The highest BCUT2D eigenvalue weighted by Gasteiger charge is 2.61. The Balaban J connectivity index is 1.53. The first kappa shape index (κ1) is 24.3. The first-order valence-corrected chi connectivity index (χ1v) is 12.1. The van der Waals surface area contributed by atoms with Gasteiger partial charge >= 0.3 is 6.03 Å². The number of aryl methyl sites for hydroxylation is 3. The maximum Gasteiger partial charge on any atom is 0.320 e. The van der Waals surface area contributed by atoms with E-state index in [4.69, 9.17) is 4.74 Å². The number of nitrogens with one attached hydrogen (secondary N) is 1. The average molecular weight is 464 g/mol. The lowest BCUT2D eigenvalue weighted by atomic mass is 9.76. The third-order valence-corrected chi connectivity index (χ3v) is 7.32. The van der Waals surface area contributed by atoms with Crippen molar-refractivity contribution in [3.8, 4) is 5.75 Å². The van der Waals surface area contributed by atoms with Crippen molar-refractivity contribution in [1.82, 2.24) is 15.1 Å². The first-order chi connectivity index (χ1) is 16.2. The van der Waals surface area contributed by atoms with E-state index in [1.807, 2.05) is 25.1 Å². The highest BCUT2D eigenvalue weighted by molar-refractivity contribution is 5.79. The fourth-order valence-corrected chi connectivity index (χ4v) is 5.76. The van der Waals surface area contributed by atoms with Crippen LogP contribution in [0.25, 0.3) is 0 Å². The maximum absolute atomic E-state index is 13.2. The second kappa shape index (κ2) is 9.43.